The topological polar surface area (TPSA) is 80.7 Å². The zero-order valence-electron chi connectivity index (χ0n) is 10.6. The molecule has 0 aliphatic rings. The average Bonchev–Trinajstić information content (AvgIpc) is 2.28. The second-order valence-electron chi connectivity index (χ2n) is 4.36. The molecule has 0 aliphatic heterocycles. The van der Waals surface area contributed by atoms with Crippen LogP contribution in [0.25, 0.3) is 0 Å². The summed E-state index contributed by atoms with van der Waals surface area (Å²) < 4.78 is 5.73. The van der Waals surface area contributed by atoms with E-state index < -0.39 is 0 Å². The van der Waals surface area contributed by atoms with E-state index in [1.165, 1.54) is 0 Å². The summed E-state index contributed by atoms with van der Waals surface area (Å²) in [6.07, 6.45) is 1.65. The van der Waals surface area contributed by atoms with Crippen LogP contribution in [-0.2, 0) is 0 Å². The van der Waals surface area contributed by atoms with Crippen molar-refractivity contribution in [3.63, 3.8) is 0 Å². The number of amidine groups is 1. The Hall–Kier alpha value is -1.78. The third kappa shape index (κ3) is 3.09. The van der Waals surface area contributed by atoms with E-state index in [9.17, 15) is 0 Å². The van der Waals surface area contributed by atoms with E-state index in [0.29, 0.717) is 17.4 Å². The molecule has 1 heterocycles. The minimum Gasteiger partial charge on any atom is -0.474 e. The van der Waals surface area contributed by atoms with Crippen LogP contribution in [0.4, 0.5) is 0 Å². The first kappa shape index (κ1) is 13.3. The number of hydrogen-bond donors (Lipinski definition) is 2. The summed E-state index contributed by atoms with van der Waals surface area (Å²) in [4.78, 5) is 4.14. The fourth-order valence-corrected chi connectivity index (χ4v) is 1.30. The van der Waals surface area contributed by atoms with Gasteiger partial charge in [-0.3, -0.25) is 0 Å². The van der Waals surface area contributed by atoms with Gasteiger partial charge in [0.25, 0.3) is 0 Å². The van der Waals surface area contributed by atoms with E-state index in [4.69, 9.17) is 15.7 Å². The molecule has 0 saturated carbocycles. The average molecular weight is 237 g/mol. The lowest BCUT2D eigenvalue weighted by atomic mass is 10.1. The number of nitrogens with two attached hydrogens (primary N) is 1. The molecule has 0 spiro atoms. The molecule has 1 atom stereocenters. The van der Waals surface area contributed by atoms with Crippen molar-refractivity contribution in [1.29, 1.82) is 0 Å². The molecule has 0 aliphatic carbocycles. The number of ether oxygens (including phenoxy) is 1. The quantitative estimate of drug-likeness (QED) is 0.363. The van der Waals surface area contributed by atoms with Crippen molar-refractivity contribution in [3.05, 3.63) is 23.4 Å². The maximum Gasteiger partial charge on any atom is 0.225 e. The Kier molecular flexibility index (Phi) is 4.31. The number of nitrogens with zero attached hydrogens (tertiary/aromatic N) is 2. The maximum absolute atomic E-state index is 8.76. The van der Waals surface area contributed by atoms with Crippen molar-refractivity contribution in [3.8, 4) is 5.88 Å². The minimum atomic E-state index is 0.00884. The molecule has 0 amide bonds. The first-order valence-corrected chi connectivity index (χ1v) is 5.57. The van der Waals surface area contributed by atoms with Gasteiger partial charge in [0.2, 0.25) is 5.88 Å². The summed E-state index contributed by atoms with van der Waals surface area (Å²) in [5.41, 5.74) is 7.03. The molecule has 1 aromatic heterocycles. The summed E-state index contributed by atoms with van der Waals surface area (Å²) in [6.45, 7) is 7.94. The van der Waals surface area contributed by atoms with Gasteiger partial charge in [0, 0.05) is 6.20 Å². The van der Waals surface area contributed by atoms with Crippen molar-refractivity contribution < 1.29 is 9.94 Å². The van der Waals surface area contributed by atoms with Gasteiger partial charge in [0.05, 0.1) is 11.7 Å². The van der Waals surface area contributed by atoms with Crippen molar-refractivity contribution >= 4 is 5.84 Å². The third-order valence-corrected chi connectivity index (χ3v) is 2.72. The molecule has 0 radical (unpaired) electrons. The molecule has 1 unspecified atom stereocenters. The highest BCUT2D eigenvalue weighted by Gasteiger charge is 2.17. The van der Waals surface area contributed by atoms with Crippen LogP contribution in [-0.4, -0.2) is 22.1 Å². The van der Waals surface area contributed by atoms with Gasteiger partial charge in [-0.25, -0.2) is 4.98 Å². The SMILES string of the molecule is Cc1ccnc(OC(C)C(C)C)c1/C(N)=N/O. The minimum absolute atomic E-state index is 0.00884. The summed E-state index contributed by atoms with van der Waals surface area (Å²) in [5, 5.41) is 11.8. The molecular weight excluding hydrogens is 218 g/mol. The monoisotopic (exact) mass is 237 g/mol. The molecule has 1 rings (SSSR count). The number of hydrogen-bond acceptors (Lipinski definition) is 4. The fraction of sp³-hybridized carbons (Fsp3) is 0.500. The van der Waals surface area contributed by atoms with E-state index in [2.05, 4.69) is 24.0 Å². The Labute approximate surface area is 101 Å². The normalized spacial score (nSPS) is 13.8. The summed E-state index contributed by atoms with van der Waals surface area (Å²) in [5.74, 6) is 0.778. The maximum atomic E-state index is 8.76. The molecule has 1 aromatic rings. The van der Waals surface area contributed by atoms with Crippen LogP contribution >= 0.6 is 0 Å². The highest BCUT2D eigenvalue weighted by molar-refractivity contribution is 6.00. The number of aryl methyl sites for hydroxylation is 1. The fourth-order valence-electron chi connectivity index (χ4n) is 1.30. The standard InChI is InChI=1S/C12H19N3O2/c1-7(2)9(4)17-12-10(11(13)15-16)8(3)5-6-14-12/h5-7,9,16H,1-4H3,(H2,13,15). The summed E-state index contributed by atoms with van der Waals surface area (Å²) >= 11 is 0. The Morgan fingerprint density at radius 3 is 2.65 bits per heavy atom. The summed E-state index contributed by atoms with van der Waals surface area (Å²) in [7, 11) is 0. The number of pyridine rings is 1. The highest BCUT2D eigenvalue weighted by atomic mass is 16.5. The number of oxime groups is 1. The van der Waals surface area contributed by atoms with Gasteiger partial charge in [-0.1, -0.05) is 19.0 Å². The van der Waals surface area contributed by atoms with Crippen molar-refractivity contribution in [1.82, 2.24) is 4.98 Å². The van der Waals surface area contributed by atoms with E-state index in [0.717, 1.165) is 5.56 Å². The lowest BCUT2D eigenvalue weighted by molar-refractivity contribution is 0.163. The molecule has 0 aromatic carbocycles. The van der Waals surface area contributed by atoms with E-state index in [1.807, 2.05) is 13.8 Å². The van der Waals surface area contributed by atoms with E-state index in [1.54, 1.807) is 12.3 Å². The molecule has 5 heteroatoms. The van der Waals surface area contributed by atoms with Crippen molar-refractivity contribution in [2.45, 2.75) is 33.8 Å². The summed E-state index contributed by atoms with van der Waals surface area (Å²) in [6, 6.07) is 1.79. The zero-order valence-corrected chi connectivity index (χ0v) is 10.6. The Balaban J connectivity index is 3.11. The predicted molar refractivity (Wildman–Crippen MR) is 66.4 cm³/mol. The first-order chi connectivity index (χ1) is 7.97. The molecule has 0 saturated heterocycles. The van der Waals surface area contributed by atoms with E-state index in [-0.39, 0.29) is 11.9 Å². The third-order valence-electron chi connectivity index (χ3n) is 2.72. The van der Waals surface area contributed by atoms with Crippen LogP contribution in [0.1, 0.15) is 31.9 Å². The molecule has 0 fully saturated rings. The Morgan fingerprint density at radius 2 is 2.12 bits per heavy atom. The second kappa shape index (κ2) is 5.52. The van der Waals surface area contributed by atoms with Gasteiger partial charge in [-0.05, 0) is 31.4 Å². The van der Waals surface area contributed by atoms with Gasteiger partial charge in [0.15, 0.2) is 5.84 Å². The van der Waals surface area contributed by atoms with Crippen molar-refractivity contribution in [2.24, 2.45) is 16.8 Å². The van der Waals surface area contributed by atoms with Crippen LogP contribution in [0.15, 0.2) is 17.4 Å². The number of aromatic nitrogens is 1. The van der Waals surface area contributed by atoms with Crippen LogP contribution in [0.3, 0.4) is 0 Å². The number of rotatable bonds is 4. The largest absolute Gasteiger partial charge is 0.474 e. The predicted octanol–water partition coefficient (Wildman–Crippen LogP) is 1.91. The van der Waals surface area contributed by atoms with Crippen LogP contribution in [0.5, 0.6) is 5.88 Å². The molecule has 0 bridgehead atoms. The first-order valence-electron chi connectivity index (χ1n) is 5.57. The van der Waals surface area contributed by atoms with Gasteiger partial charge in [0.1, 0.15) is 0 Å². The van der Waals surface area contributed by atoms with Crippen LogP contribution in [0, 0.1) is 12.8 Å². The zero-order chi connectivity index (χ0) is 13.0. The molecular formula is C12H19N3O2. The van der Waals surface area contributed by atoms with Crippen LogP contribution < -0.4 is 10.5 Å². The van der Waals surface area contributed by atoms with Gasteiger partial charge < -0.3 is 15.7 Å². The molecule has 17 heavy (non-hydrogen) atoms. The highest BCUT2D eigenvalue weighted by Crippen LogP contribution is 2.21. The lowest BCUT2D eigenvalue weighted by Crippen LogP contribution is -2.23. The van der Waals surface area contributed by atoms with E-state index >= 15 is 0 Å². The molecule has 5 nitrogen and oxygen atoms in total. The van der Waals surface area contributed by atoms with Gasteiger partial charge in [-0.2, -0.15) is 0 Å². The Bertz CT molecular complexity index is 416. The Morgan fingerprint density at radius 1 is 1.47 bits per heavy atom. The smallest absolute Gasteiger partial charge is 0.225 e. The lowest BCUT2D eigenvalue weighted by Gasteiger charge is -2.19. The second-order valence-corrected chi connectivity index (χ2v) is 4.36. The molecule has 3 N–H and O–H groups in total. The van der Waals surface area contributed by atoms with Gasteiger partial charge >= 0.3 is 0 Å². The van der Waals surface area contributed by atoms with Crippen molar-refractivity contribution in [2.75, 3.05) is 0 Å². The van der Waals surface area contributed by atoms with Crippen LogP contribution in [0.2, 0.25) is 0 Å². The molecule has 94 valence electrons. The van der Waals surface area contributed by atoms with Gasteiger partial charge in [-0.15, -0.1) is 0 Å².